The van der Waals surface area contributed by atoms with Gasteiger partial charge in [0.1, 0.15) is 22.8 Å². The predicted octanol–water partition coefficient (Wildman–Crippen LogP) is 9.99. The highest BCUT2D eigenvalue weighted by Crippen LogP contribution is 2.36. The van der Waals surface area contributed by atoms with Gasteiger partial charge in [-0.3, -0.25) is 4.79 Å². The summed E-state index contributed by atoms with van der Waals surface area (Å²) < 4.78 is 33.8. The first-order valence-electron chi connectivity index (χ1n) is 19.0. The molecule has 0 bridgehead atoms. The number of methoxy groups -OCH3 is 3. The Labute approximate surface area is 325 Å². The zero-order chi connectivity index (χ0) is 39.4. The maximum absolute atomic E-state index is 13.2. The van der Waals surface area contributed by atoms with Crippen molar-refractivity contribution in [2.45, 2.75) is 78.1 Å². The van der Waals surface area contributed by atoms with E-state index in [9.17, 15) is 14.7 Å². The quantitative estimate of drug-likeness (QED) is 0.0371. The Hall–Kier alpha value is -5.82. The van der Waals surface area contributed by atoms with Crippen LogP contribution in [-0.2, 0) is 0 Å². The highest BCUT2D eigenvalue weighted by atomic mass is 16.5. The molecule has 1 amide bonds. The molecule has 0 saturated heterocycles. The molecular formula is C45H53NO9. The van der Waals surface area contributed by atoms with Crippen LogP contribution in [0.3, 0.4) is 0 Å². The Balaban J connectivity index is 1.32. The number of benzene rings is 4. The minimum atomic E-state index is -0.601. The number of nitrogens with one attached hydrogen (secondary N) is 1. The van der Waals surface area contributed by atoms with Gasteiger partial charge in [-0.1, -0.05) is 77.1 Å². The van der Waals surface area contributed by atoms with Crippen LogP contribution in [0.5, 0.6) is 40.2 Å². The van der Waals surface area contributed by atoms with Crippen LogP contribution in [0, 0.1) is 11.8 Å². The Morgan fingerprint density at radius 2 is 1.07 bits per heavy atom. The topological polar surface area (TPSA) is 122 Å². The summed E-state index contributed by atoms with van der Waals surface area (Å²) in [4.78, 5) is 26.2. The number of rotatable bonds is 21. The van der Waals surface area contributed by atoms with Gasteiger partial charge in [0.05, 0.1) is 40.1 Å². The third-order valence-corrected chi connectivity index (χ3v) is 8.80. The highest BCUT2D eigenvalue weighted by Gasteiger charge is 2.21. The molecule has 0 aliphatic carbocycles. The molecule has 0 aliphatic heterocycles. The molecule has 2 N–H and O–H groups in total. The van der Waals surface area contributed by atoms with E-state index in [-0.39, 0.29) is 16.9 Å². The molecule has 0 spiro atoms. The third-order valence-electron chi connectivity index (χ3n) is 8.80. The molecule has 292 valence electrons. The van der Waals surface area contributed by atoms with Gasteiger partial charge in [0.2, 0.25) is 0 Å². The van der Waals surface area contributed by atoms with Gasteiger partial charge < -0.3 is 38.8 Å². The number of phenols is 1. The highest BCUT2D eigenvalue weighted by molar-refractivity contribution is 6.06. The second-order valence-electron chi connectivity index (χ2n) is 12.9. The van der Waals surface area contributed by atoms with Gasteiger partial charge >= 0.3 is 5.97 Å². The van der Waals surface area contributed by atoms with Crippen molar-refractivity contribution in [3.05, 3.63) is 95.1 Å². The lowest BCUT2D eigenvalue weighted by Gasteiger charge is -2.15. The summed E-state index contributed by atoms with van der Waals surface area (Å²) in [6.45, 7) is 5.39. The number of hydrogen-bond donors (Lipinski definition) is 2. The number of ether oxygens (including phenoxy) is 6. The SMILES string of the molecule is CCCCCCCOc1cc(O)c(C(=O)Nc2ccc(C#Cc3ccc(OC(=O)c4cc(OC)c(OCCCCCCC)cc4OC)cc3)cc2)cc1OC. The lowest BCUT2D eigenvalue weighted by atomic mass is 10.1. The molecule has 4 aromatic carbocycles. The monoisotopic (exact) mass is 751 g/mol. The van der Waals surface area contributed by atoms with E-state index in [0.29, 0.717) is 59.0 Å². The average molecular weight is 752 g/mol. The van der Waals surface area contributed by atoms with Crippen LogP contribution >= 0.6 is 0 Å². The Morgan fingerprint density at radius 3 is 1.60 bits per heavy atom. The largest absolute Gasteiger partial charge is 0.507 e. The zero-order valence-electron chi connectivity index (χ0n) is 32.6. The number of hydrogen-bond acceptors (Lipinski definition) is 9. The second-order valence-corrected chi connectivity index (χ2v) is 12.9. The molecule has 4 rings (SSSR count). The van der Waals surface area contributed by atoms with E-state index in [1.54, 1.807) is 60.7 Å². The van der Waals surface area contributed by atoms with Crippen molar-refractivity contribution in [3.8, 4) is 52.1 Å². The van der Waals surface area contributed by atoms with Crippen molar-refractivity contribution >= 4 is 17.6 Å². The number of carbonyl (C=O) groups excluding carboxylic acids is 2. The molecule has 0 fully saturated rings. The summed E-state index contributed by atoms with van der Waals surface area (Å²) >= 11 is 0. The minimum Gasteiger partial charge on any atom is -0.507 e. The van der Waals surface area contributed by atoms with Crippen molar-refractivity contribution in [2.24, 2.45) is 0 Å². The number of unbranched alkanes of at least 4 members (excludes halogenated alkanes) is 8. The van der Waals surface area contributed by atoms with E-state index in [2.05, 4.69) is 31.0 Å². The molecule has 0 unspecified atom stereocenters. The van der Waals surface area contributed by atoms with Crippen LogP contribution in [0.4, 0.5) is 5.69 Å². The van der Waals surface area contributed by atoms with E-state index < -0.39 is 11.9 Å². The first kappa shape index (κ1) is 41.9. The summed E-state index contributed by atoms with van der Waals surface area (Å²) in [6.07, 6.45) is 11.1. The third kappa shape index (κ3) is 12.9. The lowest BCUT2D eigenvalue weighted by Crippen LogP contribution is -2.12. The van der Waals surface area contributed by atoms with Gasteiger partial charge in [0, 0.05) is 41.1 Å². The Bertz CT molecular complexity index is 1890. The number of carbonyl (C=O) groups is 2. The van der Waals surface area contributed by atoms with Crippen LogP contribution < -0.4 is 33.7 Å². The Morgan fingerprint density at radius 1 is 0.582 bits per heavy atom. The van der Waals surface area contributed by atoms with Crippen molar-refractivity contribution in [1.29, 1.82) is 0 Å². The normalized spacial score (nSPS) is 10.5. The van der Waals surface area contributed by atoms with Crippen LogP contribution in [0.1, 0.15) is 110 Å². The van der Waals surface area contributed by atoms with E-state index in [4.69, 9.17) is 28.4 Å². The van der Waals surface area contributed by atoms with Gasteiger partial charge in [0.15, 0.2) is 23.0 Å². The molecule has 10 heteroatoms. The predicted molar refractivity (Wildman–Crippen MR) is 214 cm³/mol. The molecule has 10 nitrogen and oxygen atoms in total. The smallest absolute Gasteiger partial charge is 0.347 e. The first-order valence-corrected chi connectivity index (χ1v) is 19.0. The fraction of sp³-hybridized carbons (Fsp3) is 0.378. The molecule has 0 aliphatic rings. The maximum Gasteiger partial charge on any atom is 0.347 e. The van der Waals surface area contributed by atoms with Crippen molar-refractivity contribution < 1.29 is 43.1 Å². The number of amides is 1. The maximum atomic E-state index is 13.2. The fourth-order valence-corrected chi connectivity index (χ4v) is 5.67. The fourth-order valence-electron chi connectivity index (χ4n) is 5.67. The van der Waals surface area contributed by atoms with Gasteiger partial charge in [0.25, 0.3) is 5.91 Å². The van der Waals surface area contributed by atoms with Gasteiger partial charge in [-0.05, 0) is 61.4 Å². The standard InChI is InChI=1S/C45H53NO9/c1-6-8-10-12-14-26-53-42-30-38(47)36(28-40(42)51-4)44(48)46-34-22-18-32(19-23-34)16-17-33-20-24-35(25-21-33)55-45(49)37-29-41(52-5)43(31-39(37)50-3)54-27-15-13-11-9-7-2/h18-25,28-31,47H,6-15,26-27H2,1-5H3,(H,46,48). The molecule has 55 heavy (non-hydrogen) atoms. The molecule has 0 radical (unpaired) electrons. The van der Waals surface area contributed by atoms with Crippen LogP contribution in [0.15, 0.2) is 72.8 Å². The van der Waals surface area contributed by atoms with Gasteiger partial charge in [-0.25, -0.2) is 4.79 Å². The van der Waals surface area contributed by atoms with Crippen molar-refractivity contribution in [1.82, 2.24) is 0 Å². The summed E-state index contributed by atoms with van der Waals surface area (Å²) in [6, 6.07) is 20.0. The minimum absolute atomic E-state index is 0.0651. The number of aromatic hydroxyl groups is 1. The van der Waals surface area contributed by atoms with Crippen LogP contribution in [0.25, 0.3) is 0 Å². The van der Waals surface area contributed by atoms with E-state index in [1.165, 1.54) is 65.6 Å². The summed E-state index contributed by atoms with van der Waals surface area (Å²) in [5.41, 5.74) is 2.23. The summed E-state index contributed by atoms with van der Waals surface area (Å²) in [7, 11) is 4.50. The van der Waals surface area contributed by atoms with E-state index >= 15 is 0 Å². The van der Waals surface area contributed by atoms with Crippen molar-refractivity contribution in [2.75, 3.05) is 39.9 Å². The zero-order valence-corrected chi connectivity index (χ0v) is 32.6. The van der Waals surface area contributed by atoms with E-state index in [0.717, 1.165) is 37.7 Å². The van der Waals surface area contributed by atoms with Gasteiger partial charge in [-0.2, -0.15) is 0 Å². The average Bonchev–Trinajstić information content (AvgIpc) is 3.20. The second kappa shape index (κ2) is 22.4. The number of phenolic OH excluding ortho intramolecular Hbond substituents is 1. The molecule has 0 atom stereocenters. The number of anilines is 1. The van der Waals surface area contributed by atoms with Gasteiger partial charge in [-0.15, -0.1) is 0 Å². The van der Waals surface area contributed by atoms with Crippen molar-refractivity contribution in [3.63, 3.8) is 0 Å². The first-order chi connectivity index (χ1) is 26.8. The molecule has 0 saturated carbocycles. The molecule has 4 aromatic rings. The Kier molecular flexibility index (Phi) is 17.1. The van der Waals surface area contributed by atoms with Crippen LogP contribution in [0.2, 0.25) is 0 Å². The molecule has 0 heterocycles. The van der Waals surface area contributed by atoms with E-state index in [1.807, 2.05) is 0 Å². The number of esters is 1. The molecule has 0 aromatic heterocycles. The molecular weight excluding hydrogens is 698 g/mol. The van der Waals surface area contributed by atoms with Crippen LogP contribution in [-0.4, -0.2) is 51.5 Å². The summed E-state index contributed by atoms with van der Waals surface area (Å²) in [5.74, 6) is 7.24. The summed E-state index contributed by atoms with van der Waals surface area (Å²) in [5, 5.41) is 13.4. The lowest BCUT2D eigenvalue weighted by molar-refractivity contribution is 0.0730.